The molecule has 3 rings (SSSR count). The molecule has 0 unspecified atom stereocenters. The number of likely N-dealkylation sites (N-methyl/N-ethyl adjacent to an activating group) is 1. The minimum Gasteiger partial charge on any atom is -0.444 e. The van der Waals surface area contributed by atoms with Gasteiger partial charge >= 0.3 is 12.5 Å². The van der Waals surface area contributed by atoms with Crippen LogP contribution in [0.1, 0.15) is 53.4 Å². The van der Waals surface area contributed by atoms with E-state index in [4.69, 9.17) is 4.74 Å². The maximum absolute atomic E-state index is 13.2. The fourth-order valence-electron chi connectivity index (χ4n) is 5.08. The number of amides is 2. The predicted molar refractivity (Wildman–Crippen MR) is 133 cm³/mol. The average Bonchev–Trinajstić information content (AvgIpc) is 3.37. The molecule has 2 amide bonds. The molecule has 2 fully saturated rings. The Kier molecular flexibility index (Phi) is 8.91. The maximum Gasteiger partial charge on any atom is 0.573 e. The van der Waals surface area contributed by atoms with Crippen molar-refractivity contribution in [1.29, 1.82) is 0 Å². The average molecular weight is 564 g/mol. The van der Waals surface area contributed by atoms with Crippen LogP contribution in [-0.2, 0) is 19.6 Å². The Bertz CT molecular complexity index is 1100. The molecule has 2 aliphatic rings. The zero-order valence-electron chi connectivity index (χ0n) is 22.2. The Labute approximate surface area is 221 Å². The second-order valence-corrected chi connectivity index (χ2v) is 12.8. The summed E-state index contributed by atoms with van der Waals surface area (Å²) < 4.78 is 74.2. The minimum atomic E-state index is -4.87. The molecular weight excluding hydrogens is 527 g/mol. The first-order valence-electron chi connectivity index (χ1n) is 12.6. The van der Waals surface area contributed by atoms with E-state index in [0.29, 0.717) is 19.3 Å². The zero-order valence-corrected chi connectivity index (χ0v) is 23.1. The van der Waals surface area contributed by atoms with E-state index >= 15 is 0 Å². The Morgan fingerprint density at radius 2 is 1.76 bits per heavy atom. The van der Waals surface area contributed by atoms with Crippen LogP contribution in [0.25, 0.3) is 0 Å². The summed E-state index contributed by atoms with van der Waals surface area (Å²) in [6.07, 6.45) is -2.95. The summed E-state index contributed by atoms with van der Waals surface area (Å²) in [4.78, 5) is 27.0. The lowest BCUT2D eigenvalue weighted by Crippen LogP contribution is -2.52. The maximum atomic E-state index is 13.2. The lowest BCUT2D eigenvalue weighted by molar-refractivity contribution is -0.274. The fourth-order valence-corrected chi connectivity index (χ4v) is 6.61. The van der Waals surface area contributed by atoms with Gasteiger partial charge in [-0.3, -0.25) is 9.69 Å². The lowest BCUT2D eigenvalue weighted by Gasteiger charge is -2.31. The van der Waals surface area contributed by atoms with Crippen LogP contribution in [0.5, 0.6) is 5.75 Å². The molecule has 214 valence electrons. The number of hydrogen-bond donors (Lipinski definition) is 1. The third kappa shape index (κ3) is 7.31. The molecule has 1 saturated heterocycles. The molecule has 0 bridgehead atoms. The van der Waals surface area contributed by atoms with Crippen molar-refractivity contribution in [2.45, 2.75) is 82.3 Å². The number of nitrogens with one attached hydrogen (secondary N) is 1. The van der Waals surface area contributed by atoms with Crippen LogP contribution in [0.4, 0.5) is 18.0 Å². The third-order valence-corrected chi connectivity index (χ3v) is 8.71. The van der Waals surface area contributed by atoms with Gasteiger partial charge in [-0.2, -0.15) is 4.31 Å². The number of nitrogens with zero attached hydrogens (tertiary/aromatic N) is 2. The third-order valence-electron chi connectivity index (χ3n) is 6.86. The smallest absolute Gasteiger partial charge is 0.444 e. The number of rotatable bonds is 8. The number of hydrogen-bond acceptors (Lipinski definition) is 6. The van der Waals surface area contributed by atoms with Gasteiger partial charge < -0.3 is 14.8 Å². The van der Waals surface area contributed by atoms with Crippen molar-refractivity contribution >= 4 is 22.0 Å². The molecule has 1 saturated carbocycles. The van der Waals surface area contributed by atoms with E-state index in [0.717, 1.165) is 30.7 Å². The minimum absolute atomic E-state index is 0.0381. The van der Waals surface area contributed by atoms with Crippen LogP contribution in [0, 0.1) is 11.8 Å². The predicted octanol–water partition coefficient (Wildman–Crippen LogP) is 4.14. The van der Waals surface area contributed by atoms with Crippen molar-refractivity contribution in [2.75, 3.05) is 20.1 Å². The molecule has 1 N–H and O–H groups in total. The van der Waals surface area contributed by atoms with Crippen molar-refractivity contribution in [2.24, 2.45) is 11.8 Å². The summed E-state index contributed by atoms with van der Waals surface area (Å²) in [6, 6.07) is 3.12. The van der Waals surface area contributed by atoms with Gasteiger partial charge in [-0.1, -0.05) is 13.3 Å². The second kappa shape index (κ2) is 11.3. The van der Waals surface area contributed by atoms with Crippen molar-refractivity contribution < 1.29 is 40.7 Å². The molecule has 13 heteroatoms. The van der Waals surface area contributed by atoms with Crippen LogP contribution in [0.15, 0.2) is 29.2 Å². The van der Waals surface area contributed by atoms with E-state index in [9.17, 15) is 31.2 Å². The highest BCUT2D eigenvalue weighted by Crippen LogP contribution is 2.40. The Hall–Kier alpha value is -2.54. The summed E-state index contributed by atoms with van der Waals surface area (Å²) in [6.45, 7) is 7.59. The molecule has 1 aliphatic heterocycles. The molecule has 0 spiro atoms. The van der Waals surface area contributed by atoms with Gasteiger partial charge in [0.25, 0.3) is 0 Å². The van der Waals surface area contributed by atoms with Gasteiger partial charge in [0.1, 0.15) is 17.4 Å². The molecule has 0 radical (unpaired) electrons. The standard InChI is InChI=1S/C25H36F3N3O6S/c1-6-7-21(30(5)23(33)37-24(2,3)4)22(32)29-20-13-8-16-14-31(15-19(16)20)38(34,35)18-11-9-17(10-12-18)36-25(26,27)28/h9-12,16,19-21H,6-8,13-15H2,1-5H3,(H,29,32)/t16-,19+,20+,21+/m1/s1. The first-order valence-corrected chi connectivity index (χ1v) is 14.1. The first kappa shape index (κ1) is 30.0. The van der Waals surface area contributed by atoms with E-state index in [1.165, 1.54) is 16.3 Å². The quantitative estimate of drug-likeness (QED) is 0.510. The highest BCUT2D eigenvalue weighted by atomic mass is 32.2. The SMILES string of the molecule is CCC[C@@H](C(=O)N[C@H]1CC[C@@H]2CN(S(=O)(=O)c3ccc(OC(F)(F)F)cc3)C[C@@H]21)N(C)C(=O)OC(C)(C)C. The molecule has 1 aromatic carbocycles. The molecule has 4 atom stereocenters. The van der Waals surface area contributed by atoms with Gasteiger partial charge in [0.2, 0.25) is 15.9 Å². The van der Waals surface area contributed by atoms with E-state index in [2.05, 4.69) is 10.1 Å². The van der Waals surface area contributed by atoms with Gasteiger partial charge in [-0.05, 0) is 76.1 Å². The van der Waals surface area contributed by atoms with Crippen LogP contribution in [0.2, 0.25) is 0 Å². The van der Waals surface area contributed by atoms with Gasteiger partial charge in [-0.25, -0.2) is 13.2 Å². The normalized spacial score (nSPS) is 23.0. The molecule has 1 heterocycles. The van der Waals surface area contributed by atoms with Gasteiger partial charge in [0, 0.05) is 26.2 Å². The number of alkyl halides is 3. The molecular formula is C25H36F3N3O6S. The molecule has 9 nitrogen and oxygen atoms in total. The van der Waals surface area contributed by atoms with Crippen LogP contribution in [0.3, 0.4) is 0 Å². The number of ether oxygens (including phenoxy) is 2. The summed E-state index contributed by atoms with van der Waals surface area (Å²) in [7, 11) is -2.42. The van der Waals surface area contributed by atoms with Crippen LogP contribution in [-0.4, -0.2) is 73.8 Å². The largest absolute Gasteiger partial charge is 0.573 e. The van der Waals surface area contributed by atoms with Crippen LogP contribution >= 0.6 is 0 Å². The first-order chi connectivity index (χ1) is 17.5. The van der Waals surface area contributed by atoms with Crippen molar-refractivity contribution in [1.82, 2.24) is 14.5 Å². The summed E-state index contributed by atoms with van der Waals surface area (Å²) in [5, 5.41) is 3.04. The number of fused-ring (bicyclic) bond motifs is 1. The molecule has 38 heavy (non-hydrogen) atoms. The zero-order chi connectivity index (χ0) is 28.5. The van der Waals surface area contributed by atoms with E-state index in [1.807, 2.05) is 6.92 Å². The number of carbonyl (C=O) groups excluding carboxylic acids is 2. The second-order valence-electron chi connectivity index (χ2n) is 10.9. The van der Waals surface area contributed by atoms with E-state index < -0.39 is 39.9 Å². The van der Waals surface area contributed by atoms with Crippen molar-refractivity contribution in [3.8, 4) is 5.75 Å². The van der Waals surface area contributed by atoms with Crippen molar-refractivity contribution in [3.05, 3.63) is 24.3 Å². The van der Waals surface area contributed by atoms with E-state index in [-0.39, 0.29) is 41.8 Å². The Morgan fingerprint density at radius 1 is 1.13 bits per heavy atom. The van der Waals surface area contributed by atoms with Gasteiger partial charge in [0.15, 0.2) is 0 Å². The summed E-state index contributed by atoms with van der Waals surface area (Å²) in [5.74, 6) is -0.894. The van der Waals surface area contributed by atoms with Crippen molar-refractivity contribution in [3.63, 3.8) is 0 Å². The highest BCUT2D eigenvalue weighted by molar-refractivity contribution is 7.89. The lowest BCUT2D eigenvalue weighted by atomic mass is 9.97. The Morgan fingerprint density at radius 3 is 2.32 bits per heavy atom. The van der Waals surface area contributed by atoms with Gasteiger partial charge in [0.05, 0.1) is 4.90 Å². The summed E-state index contributed by atoms with van der Waals surface area (Å²) in [5.41, 5.74) is -0.707. The fraction of sp³-hybridized carbons (Fsp3) is 0.680. The molecule has 1 aromatic rings. The van der Waals surface area contributed by atoms with Gasteiger partial charge in [-0.15, -0.1) is 13.2 Å². The number of halogens is 3. The summed E-state index contributed by atoms with van der Waals surface area (Å²) >= 11 is 0. The number of carbonyl (C=O) groups is 2. The number of benzene rings is 1. The highest BCUT2D eigenvalue weighted by Gasteiger charge is 2.47. The van der Waals surface area contributed by atoms with Crippen LogP contribution < -0.4 is 10.1 Å². The Balaban J connectivity index is 1.66. The monoisotopic (exact) mass is 563 g/mol. The molecule has 0 aromatic heterocycles. The topological polar surface area (TPSA) is 105 Å². The van der Waals surface area contributed by atoms with E-state index in [1.54, 1.807) is 20.8 Å². The number of sulfonamides is 1. The molecule has 1 aliphatic carbocycles.